The van der Waals surface area contributed by atoms with E-state index in [4.69, 9.17) is 4.74 Å². The van der Waals surface area contributed by atoms with Crippen LogP contribution < -0.4 is 10.1 Å². The third-order valence-electron chi connectivity index (χ3n) is 5.26. The maximum absolute atomic E-state index is 13.1. The van der Waals surface area contributed by atoms with E-state index in [0.717, 1.165) is 34.6 Å². The largest absolute Gasteiger partial charge is 0.497 e. The van der Waals surface area contributed by atoms with Crippen molar-refractivity contribution in [2.45, 2.75) is 58.5 Å². The van der Waals surface area contributed by atoms with Gasteiger partial charge in [0.05, 0.1) is 12.9 Å². The van der Waals surface area contributed by atoms with Gasteiger partial charge in [0.2, 0.25) is 11.8 Å². The van der Waals surface area contributed by atoms with Crippen LogP contribution in [-0.2, 0) is 21.9 Å². The molecule has 0 saturated heterocycles. The Morgan fingerprint density at radius 3 is 2.42 bits per heavy atom. The number of nitrogens with one attached hydrogen (secondary N) is 1. The predicted molar refractivity (Wildman–Crippen MR) is 128 cm³/mol. The number of ether oxygens (including phenoxy) is 1. The average molecular weight is 443 g/mol. The number of carbonyl (C=O) groups excluding carboxylic acids is 2. The first-order chi connectivity index (χ1) is 14.8. The monoisotopic (exact) mass is 442 g/mol. The van der Waals surface area contributed by atoms with Crippen LogP contribution in [0.2, 0.25) is 0 Å². The first-order valence-corrected chi connectivity index (χ1v) is 11.9. The summed E-state index contributed by atoms with van der Waals surface area (Å²) in [5, 5.41) is 3.00. The van der Waals surface area contributed by atoms with E-state index >= 15 is 0 Å². The molecule has 2 aromatic carbocycles. The van der Waals surface area contributed by atoms with Gasteiger partial charge in [0.15, 0.2) is 0 Å². The second kappa shape index (κ2) is 12.4. The van der Waals surface area contributed by atoms with Gasteiger partial charge < -0.3 is 15.0 Å². The molecule has 1 N–H and O–H groups in total. The molecule has 31 heavy (non-hydrogen) atoms. The Morgan fingerprint density at radius 2 is 1.81 bits per heavy atom. The molecule has 0 aliphatic heterocycles. The fraction of sp³-hybridized carbons (Fsp3) is 0.440. The number of rotatable bonds is 11. The quantitative estimate of drug-likeness (QED) is 0.554. The van der Waals surface area contributed by atoms with Crippen molar-refractivity contribution in [3.05, 3.63) is 65.2 Å². The summed E-state index contributed by atoms with van der Waals surface area (Å²) < 4.78 is 5.19. The zero-order valence-electron chi connectivity index (χ0n) is 19.2. The summed E-state index contributed by atoms with van der Waals surface area (Å²) in [6.45, 7) is 8.25. The molecule has 0 aliphatic rings. The van der Waals surface area contributed by atoms with Crippen molar-refractivity contribution < 1.29 is 14.3 Å². The minimum Gasteiger partial charge on any atom is -0.497 e. The summed E-state index contributed by atoms with van der Waals surface area (Å²) in [5.41, 5.74) is 3.29. The third kappa shape index (κ3) is 7.94. The van der Waals surface area contributed by atoms with Gasteiger partial charge in [0.25, 0.3) is 0 Å². The van der Waals surface area contributed by atoms with Crippen LogP contribution in [0.1, 0.15) is 43.9 Å². The maximum atomic E-state index is 13.1. The topological polar surface area (TPSA) is 58.6 Å². The zero-order chi connectivity index (χ0) is 22.8. The summed E-state index contributed by atoms with van der Waals surface area (Å²) in [4.78, 5) is 27.6. The summed E-state index contributed by atoms with van der Waals surface area (Å²) in [7, 11) is 1.64. The van der Waals surface area contributed by atoms with E-state index in [0.29, 0.717) is 12.3 Å². The highest BCUT2D eigenvalue weighted by atomic mass is 32.2. The van der Waals surface area contributed by atoms with Gasteiger partial charge in [0.1, 0.15) is 11.8 Å². The predicted octanol–water partition coefficient (Wildman–Crippen LogP) is 4.57. The number of carbonyl (C=O) groups is 2. The molecule has 5 nitrogen and oxygen atoms in total. The third-order valence-corrected chi connectivity index (χ3v) is 6.25. The van der Waals surface area contributed by atoms with Gasteiger partial charge in [-0.15, -0.1) is 11.8 Å². The fourth-order valence-corrected chi connectivity index (χ4v) is 3.99. The SMILES string of the molecule is CC[C@@H](C)NC(=O)[C@H](C)N(Cc1cccc(C)c1)C(=O)CSCc1ccc(OC)cc1. The normalized spacial score (nSPS) is 12.7. The highest BCUT2D eigenvalue weighted by Gasteiger charge is 2.26. The molecule has 0 heterocycles. The van der Waals surface area contributed by atoms with Crippen molar-refractivity contribution >= 4 is 23.6 Å². The summed E-state index contributed by atoms with van der Waals surface area (Å²) >= 11 is 1.55. The Hall–Kier alpha value is -2.47. The first kappa shape index (κ1) is 24.8. The first-order valence-electron chi connectivity index (χ1n) is 10.7. The molecule has 0 saturated carbocycles. The zero-order valence-corrected chi connectivity index (χ0v) is 20.0. The minimum absolute atomic E-state index is 0.0354. The number of benzene rings is 2. The maximum Gasteiger partial charge on any atom is 0.242 e. The van der Waals surface area contributed by atoms with Gasteiger partial charge in [-0.2, -0.15) is 0 Å². The van der Waals surface area contributed by atoms with Crippen molar-refractivity contribution in [3.8, 4) is 5.75 Å². The Balaban J connectivity index is 2.06. The van der Waals surface area contributed by atoms with E-state index in [1.165, 1.54) is 0 Å². The molecule has 6 heteroatoms. The number of thioether (sulfide) groups is 1. The van der Waals surface area contributed by atoms with E-state index in [2.05, 4.69) is 11.4 Å². The van der Waals surface area contributed by atoms with Gasteiger partial charge in [-0.3, -0.25) is 9.59 Å². The van der Waals surface area contributed by atoms with E-state index in [1.54, 1.807) is 30.7 Å². The molecular weight excluding hydrogens is 408 g/mol. The molecule has 0 aromatic heterocycles. The van der Waals surface area contributed by atoms with E-state index in [-0.39, 0.29) is 17.9 Å². The van der Waals surface area contributed by atoms with Crippen LogP contribution in [-0.4, -0.2) is 41.7 Å². The number of aryl methyl sites for hydroxylation is 1. The number of amides is 2. The minimum atomic E-state index is -0.538. The molecule has 0 radical (unpaired) electrons. The Labute approximate surface area is 190 Å². The lowest BCUT2D eigenvalue weighted by Gasteiger charge is -2.29. The van der Waals surface area contributed by atoms with Crippen LogP contribution in [0.5, 0.6) is 5.75 Å². The fourth-order valence-electron chi connectivity index (χ4n) is 3.12. The second-order valence-electron chi connectivity index (χ2n) is 7.85. The standard InChI is InChI=1S/C25H34N2O3S/c1-6-19(3)26-25(29)20(4)27(15-22-9-7-8-18(2)14-22)24(28)17-31-16-21-10-12-23(30-5)13-11-21/h7-14,19-20H,6,15-17H2,1-5H3,(H,26,29)/t19-,20+/m1/s1. The number of methoxy groups -OCH3 is 1. The lowest BCUT2D eigenvalue weighted by molar-refractivity contribution is -0.138. The van der Waals surface area contributed by atoms with Gasteiger partial charge in [-0.25, -0.2) is 0 Å². The van der Waals surface area contributed by atoms with E-state index < -0.39 is 6.04 Å². The second-order valence-corrected chi connectivity index (χ2v) is 8.83. The highest BCUT2D eigenvalue weighted by molar-refractivity contribution is 7.99. The number of nitrogens with zero attached hydrogens (tertiary/aromatic N) is 1. The van der Waals surface area contributed by atoms with Crippen LogP contribution in [0.4, 0.5) is 0 Å². The molecule has 0 aliphatic carbocycles. The van der Waals surface area contributed by atoms with Crippen molar-refractivity contribution in [2.75, 3.05) is 12.9 Å². The van der Waals surface area contributed by atoms with Crippen molar-refractivity contribution in [1.29, 1.82) is 0 Å². The van der Waals surface area contributed by atoms with Crippen LogP contribution in [0, 0.1) is 6.92 Å². The van der Waals surface area contributed by atoms with Crippen LogP contribution in [0.3, 0.4) is 0 Å². The van der Waals surface area contributed by atoms with Gasteiger partial charge in [-0.1, -0.05) is 48.9 Å². The number of hydrogen-bond donors (Lipinski definition) is 1. The van der Waals surface area contributed by atoms with E-state index in [1.807, 2.05) is 63.2 Å². The average Bonchev–Trinajstić information content (AvgIpc) is 2.77. The molecular formula is C25H34N2O3S. The van der Waals surface area contributed by atoms with Crippen LogP contribution in [0.25, 0.3) is 0 Å². The van der Waals surface area contributed by atoms with Crippen LogP contribution >= 0.6 is 11.8 Å². The lowest BCUT2D eigenvalue weighted by Crippen LogP contribution is -2.50. The van der Waals surface area contributed by atoms with Crippen molar-refractivity contribution in [2.24, 2.45) is 0 Å². The summed E-state index contributed by atoms with van der Waals surface area (Å²) in [6.07, 6.45) is 0.849. The highest BCUT2D eigenvalue weighted by Crippen LogP contribution is 2.19. The van der Waals surface area contributed by atoms with Crippen LogP contribution in [0.15, 0.2) is 48.5 Å². The molecule has 168 valence electrons. The molecule has 2 aromatic rings. The Kier molecular flexibility index (Phi) is 9.92. The number of hydrogen-bond acceptors (Lipinski definition) is 4. The van der Waals surface area contributed by atoms with Crippen molar-refractivity contribution in [3.63, 3.8) is 0 Å². The Bertz CT molecular complexity index is 854. The van der Waals surface area contributed by atoms with E-state index in [9.17, 15) is 9.59 Å². The molecule has 0 bridgehead atoms. The Morgan fingerprint density at radius 1 is 1.10 bits per heavy atom. The summed E-state index contributed by atoms with van der Waals surface area (Å²) in [6, 6.07) is 15.5. The lowest BCUT2D eigenvalue weighted by atomic mass is 10.1. The van der Waals surface area contributed by atoms with Crippen molar-refractivity contribution in [1.82, 2.24) is 10.2 Å². The molecule has 0 unspecified atom stereocenters. The van der Waals surface area contributed by atoms with Gasteiger partial charge in [-0.05, 0) is 50.5 Å². The molecule has 0 fully saturated rings. The molecule has 2 rings (SSSR count). The summed E-state index contributed by atoms with van der Waals surface area (Å²) in [5.74, 6) is 1.71. The van der Waals surface area contributed by atoms with Gasteiger partial charge >= 0.3 is 0 Å². The van der Waals surface area contributed by atoms with Gasteiger partial charge in [0, 0.05) is 18.3 Å². The molecule has 2 atom stereocenters. The molecule has 2 amide bonds. The molecule has 0 spiro atoms. The smallest absolute Gasteiger partial charge is 0.242 e.